The summed E-state index contributed by atoms with van der Waals surface area (Å²) in [5.41, 5.74) is 3.23. The lowest BCUT2D eigenvalue weighted by atomic mass is 9.98. The first kappa shape index (κ1) is 21.7. The van der Waals surface area contributed by atoms with Crippen LogP contribution in [0.3, 0.4) is 0 Å². The molecule has 2 aliphatic heterocycles. The molecule has 1 unspecified atom stereocenters. The zero-order valence-electron chi connectivity index (χ0n) is 17.8. The van der Waals surface area contributed by atoms with Gasteiger partial charge in [0.2, 0.25) is 11.8 Å². The van der Waals surface area contributed by atoms with E-state index in [0.717, 1.165) is 33.9 Å². The maximum absolute atomic E-state index is 13.1. The first-order chi connectivity index (χ1) is 15.1. The number of hydrogen-bond acceptors (Lipinski definition) is 4. The Kier molecular flexibility index (Phi) is 6.78. The molecule has 0 aromatic heterocycles. The Morgan fingerprint density at radius 3 is 2.87 bits per heavy atom. The SMILES string of the molecule is CCOc1ccccc1CN1CCNC(=O)C1CC(=O)N1CCc2c(Cl)cccc2C1. The summed E-state index contributed by atoms with van der Waals surface area (Å²) in [6.45, 7) is 5.54. The van der Waals surface area contributed by atoms with Crippen LogP contribution in [-0.4, -0.2) is 53.9 Å². The molecule has 31 heavy (non-hydrogen) atoms. The molecule has 2 aromatic carbocycles. The van der Waals surface area contributed by atoms with E-state index in [2.05, 4.69) is 10.2 Å². The van der Waals surface area contributed by atoms with Crippen molar-refractivity contribution in [1.82, 2.24) is 15.1 Å². The number of ether oxygens (including phenoxy) is 1. The summed E-state index contributed by atoms with van der Waals surface area (Å²) in [5, 5.41) is 3.68. The van der Waals surface area contributed by atoms with Crippen LogP contribution in [0.5, 0.6) is 5.75 Å². The Hall–Kier alpha value is -2.57. The minimum atomic E-state index is -0.489. The molecule has 2 heterocycles. The Morgan fingerprint density at radius 1 is 1.19 bits per heavy atom. The first-order valence-corrected chi connectivity index (χ1v) is 11.2. The second-order valence-electron chi connectivity index (χ2n) is 7.96. The smallest absolute Gasteiger partial charge is 0.237 e. The normalized spacial score (nSPS) is 19.0. The molecule has 0 spiro atoms. The molecule has 4 rings (SSSR count). The molecule has 1 fully saturated rings. The highest BCUT2D eigenvalue weighted by Crippen LogP contribution is 2.27. The van der Waals surface area contributed by atoms with Gasteiger partial charge in [0.05, 0.1) is 19.1 Å². The third-order valence-corrected chi connectivity index (χ3v) is 6.37. The van der Waals surface area contributed by atoms with Crippen LogP contribution in [0.15, 0.2) is 42.5 Å². The van der Waals surface area contributed by atoms with Crippen LogP contribution < -0.4 is 10.1 Å². The predicted molar refractivity (Wildman–Crippen MR) is 120 cm³/mol. The largest absolute Gasteiger partial charge is 0.494 e. The minimum absolute atomic E-state index is 0.00392. The number of carbonyl (C=O) groups excluding carboxylic acids is 2. The highest BCUT2D eigenvalue weighted by Gasteiger charge is 2.34. The van der Waals surface area contributed by atoms with Crippen LogP contribution in [0.1, 0.15) is 30.0 Å². The summed E-state index contributed by atoms with van der Waals surface area (Å²) in [6.07, 6.45) is 0.904. The van der Waals surface area contributed by atoms with E-state index in [1.807, 2.05) is 54.3 Å². The summed E-state index contributed by atoms with van der Waals surface area (Å²) >= 11 is 6.30. The van der Waals surface area contributed by atoms with E-state index in [9.17, 15) is 9.59 Å². The summed E-state index contributed by atoms with van der Waals surface area (Å²) in [4.78, 5) is 29.8. The van der Waals surface area contributed by atoms with Gasteiger partial charge in [0.25, 0.3) is 0 Å². The Labute approximate surface area is 188 Å². The average molecular weight is 442 g/mol. The van der Waals surface area contributed by atoms with Gasteiger partial charge >= 0.3 is 0 Å². The van der Waals surface area contributed by atoms with Gasteiger partial charge in [-0.15, -0.1) is 0 Å². The van der Waals surface area contributed by atoms with Crippen molar-refractivity contribution in [1.29, 1.82) is 0 Å². The fraction of sp³-hybridized carbons (Fsp3) is 0.417. The molecule has 2 aliphatic rings. The molecule has 1 saturated heterocycles. The summed E-state index contributed by atoms with van der Waals surface area (Å²) < 4.78 is 5.75. The second kappa shape index (κ2) is 9.71. The van der Waals surface area contributed by atoms with Crippen molar-refractivity contribution in [3.8, 4) is 5.75 Å². The van der Waals surface area contributed by atoms with Crippen LogP contribution in [0.2, 0.25) is 5.02 Å². The third kappa shape index (κ3) is 4.86. The lowest BCUT2D eigenvalue weighted by Gasteiger charge is -2.37. The number of benzene rings is 2. The molecule has 6 nitrogen and oxygen atoms in total. The first-order valence-electron chi connectivity index (χ1n) is 10.8. The number of rotatable bonds is 6. The van der Waals surface area contributed by atoms with Crippen LogP contribution in [0, 0.1) is 0 Å². The molecule has 0 aliphatic carbocycles. The molecule has 1 N–H and O–H groups in total. The topological polar surface area (TPSA) is 61.9 Å². The molecule has 2 amide bonds. The van der Waals surface area contributed by atoms with E-state index < -0.39 is 6.04 Å². The molecule has 2 aromatic rings. The maximum Gasteiger partial charge on any atom is 0.237 e. The zero-order chi connectivity index (χ0) is 21.8. The fourth-order valence-corrected chi connectivity index (χ4v) is 4.68. The fourth-order valence-electron chi connectivity index (χ4n) is 4.39. The Balaban J connectivity index is 1.46. The van der Waals surface area contributed by atoms with Crippen LogP contribution in [-0.2, 0) is 29.1 Å². The van der Waals surface area contributed by atoms with Crippen molar-refractivity contribution in [2.24, 2.45) is 0 Å². The molecule has 0 saturated carbocycles. The van der Waals surface area contributed by atoms with Gasteiger partial charge in [-0.3, -0.25) is 14.5 Å². The van der Waals surface area contributed by atoms with Crippen molar-refractivity contribution in [2.75, 3.05) is 26.2 Å². The van der Waals surface area contributed by atoms with Crippen LogP contribution in [0.25, 0.3) is 0 Å². The average Bonchev–Trinajstić information content (AvgIpc) is 2.77. The Bertz CT molecular complexity index is 965. The number of piperazine rings is 1. The highest BCUT2D eigenvalue weighted by atomic mass is 35.5. The summed E-state index contributed by atoms with van der Waals surface area (Å²) in [5.74, 6) is 0.732. The van der Waals surface area contributed by atoms with Gasteiger partial charge in [0.15, 0.2) is 0 Å². The van der Waals surface area contributed by atoms with Gasteiger partial charge in [-0.1, -0.05) is 41.9 Å². The maximum atomic E-state index is 13.1. The number of nitrogens with zero attached hydrogens (tertiary/aromatic N) is 2. The monoisotopic (exact) mass is 441 g/mol. The van der Waals surface area contributed by atoms with Gasteiger partial charge in [0, 0.05) is 43.3 Å². The van der Waals surface area contributed by atoms with Crippen LogP contribution >= 0.6 is 11.6 Å². The van der Waals surface area contributed by atoms with Gasteiger partial charge in [-0.2, -0.15) is 0 Å². The number of nitrogens with one attached hydrogen (secondary N) is 1. The van der Waals surface area contributed by atoms with Crippen molar-refractivity contribution in [3.05, 3.63) is 64.2 Å². The van der Waals surface area contributed by atoms with Crippen molar-refractivity contribution >= 4 is 23.4 Å². The quantitative estimate of drug-likeness (QED) is 0.748. The lowest BCUT2D eigenvalue weighted by Crippen LogP contribution is -2.56. The molecular formula is C24H28ClN3O3. The van der Waals surface area contributed by atoms with E-state index in [0.29, 0.717) is 39.3 Å². The lowest BCUT2D eigenvalue weighted by molar-refractivity contribution is -0.139. The number of para-hydroxylation sites is 1. The molecule has 7 heteroatoms. The number of carbonyl (C=O) groups is 2. The number of hydrogen-bond donors (Lipinski definition) is 1. The molecule has 1 atom stereocenters. The standard InChI is InChI=1S/C24H28ClN3O3/c1-2-31-22-9-4-3-6-18(22)16-27-13-11-26-24(30)21(27)14-23(29)28-12-10-19-17(15-28)7-5-8-20(19)25/h3-9,21H,2,10-16H2,1H3,(H,26,30). The van der Waals surface area contributed by atoms with Gasteiger partial charge < -0.3 is 15.0 Å². The Morgan fingerprint density at radius 2 is 2.03 bits per heavy atom. The van der Waals surface area contributed by atoms with Crippen molar-refractivity contribution in [2.45, 2.75) is 38.9 Å². The van der Waals surface area contributed by atoms with E-state index in [4.69, 9.17) is 16.3 Å². The van der Waals surface area contributed by atoms with E-state index in [1.54, 1.807) is 0 Å². The predicted octanol–water partition coefficient (Wildman–Crippen LogP) is 3.01. The van der Waals surface area contributed by atoms with E-state index in [-0.39, 0.29) is 18.2 Å². The van der Waals surface area contributed by atoms with Crippen molar-refractivity contribution < 1.29 is 14.3 Å². The van der Waals surface area contributed by atoms with Crippen LogP contribution in [0.4, 0.5) is 0 Å². The highest BCUT2D eigenvalue weighted by molar-refractivity contribution is 6.31. The molecule has 0 radical (unpaired) electrons. The second-order valence-corrected chi connectivity index (χ2v) is 8.37. The number of amides is 2. The van der Waals surface area contributed by atoms with Gasteiger partial charge in [-0.05, 0) is 36.6 Å². The summed E-state index contributed by atoms with van der Waals surface area (Å²) in [6, 6.07) is 13.2. The van der Waals surface area contributed by atoms with Gasteiger partial charge in [-0.25, -0.2) is 0 Å². The third-order valence-electron chi connectivity index (χ3n) is 6.02. The molecular weight excluding hydrogens is 414 g/mol. The minimum Gasteiger partial charge on any atom is -0.494 e. The number of halogens is 1. The summed E-state index contributed by atoms with van der Waals surface area (Å²) in [7, 11) is 0. The van der Waals surface area contributed by atoms with Gasteiger partial charge in [0.1, 0.15) is 5.75 Å². The molecule has 164 valence electrons. The number of fused-ring (bicyclic) bond motifs is 1. The molecule has 0 bridgehead atoms. The van der Waals surface area contributed by atoms with Crippen molar-refractivity contribution in [3.63, 3.8) is 0 Å². The van der Waals surface area contributed by atoms with E-state index >= 15 is 0 Å². The van der Waals surface area contributed by atoms with E-state index in [1.165, 1.54) is 0 Å². The zero-order valence-corrected chi connectivity index (χ0v) is 18.5.